The number of nitrogens with zero attached hydrogens (tertiary/aromatic N) is 3. The zero-order chi connectivity index (χ0) is 42.2. The van der Waals surface area contributed by atoms with E-state index in [1.54, 1.807) is 32.6 Å². The third-order valence-electron chi connectivity index (χ3n) is 11.9. The average molecular weight is 808 g/mol. The lowest BCUT2D eigenvalue weighted by Crippen LogP contribution is -2.49. The van der Waals surface area contributed by atoms with Crippen LogP contribution in [-0.4, -0.2) is 110 Å². The third kappa shape index (κ3) is 13.7. The van der Waals surface area contributed by atoms with Gasteiger partial charge in [0.05, 0.1) is 36.8 Å². The summed E-state index contributed by atoms with van der Waals surface area (Å²) in [6.07, 6.45) is 8.70. The number of aliphatic imine (C=N–C) groups is 1. The standard InChI is InChI=1S/C32H49NO7.C10H20N2O3S/c1-31(2,3)40-26(36)17-22-19-39-14-10-8-6-7-9-11-21(29(37)25(35)15-20-12-13-20)16-24(34)28-27-23(32(27,4)5)18-33(28)30(22)38;1-6-16(14,15)12(5)7-9(11-8-13)10(2,3)4/h20-23,27-28H,6-19H2,1-5H3;9H,6-7H2,1-5H3/t21-,22+,23+,27+,28-;9-/m11/s1. The smallest absolute Gasteiger partial charge is 0.307 e. The highest BCUT2D eigenvalue weighted by molar-refractivity contribution is 7.89. The molecule has 0 spiro atoms. The summed E-state index contributed by atoms with van der Waals surface area (Å²) in [5.41, 5.74) is -1.01. The second kappa shape index (κ2) is 19.8. The van der Waals surface area contributed by atoms with Gasteiger partial charge in [-0.15, -0.1) is 0 Å². The zero-order valence-corrected chi connectivity index (χ0v) is 36.5. The van der Waals surface area contributed by atoms with Crippen LogP contribution in [0.15, 0.2) is 4.99 Å². The molecule has 4 aliphatic rings. The van der Waals surface area contributed by atoms with Crippen LogP contribution in [0, 0.1) is 40.4 Å². The summed E-state index contributed by atoms with van der Waals surface area (Å²) in [6.45, 7) is 18.2. The van der Waals surface area contributed by atoms with Gasteiger partial charge in [-0.1, -0.05) is 60.3 Å². The molecule has 2 heterocycles. The zero-order valence-electron chi connectivity index (χ0n) is 35.7. The minimum Gasteiger partial charge on any atom is -0.460 e. The number of hydrogen-bond acceptors (Lipinski definition) is 11. The molecule has 56 heavy (non-hydrogen) atoms. The molecule has 0 unspecified atom stereocenters. The number of esters is 1. The minimum absolute atomic E-state index is 0.00375. The number of likely N-dealkylation sites (N-methyl/N-ethyl adjacent to an activating group) is 1. The van der Waals surface area contributed by atoms with Gasteiger partial charge >= 0.3 is 5.97 Å². The molecule has 4 fully saturated rings. The van der Waals surface area contributed by atoms with Gasteiger partial charge in [0.1, 0.15) is 5.60 Å². The number of carbonyl (C=O) groups is 5. The second-order valence-electron chi connectivity index (χ2n) is 19.1. The van der Waals surface area contributed by atoms with Crippen molar-refractivity contribution in [1.29, 1.82) is 0 Å². The van der Waals surface area contributed by atoms with Crippen molar-refractivity contribution in [2.45, 2.75) is 151 Å². The molecule has 0 radical (unpaired) electrons. The Balaban J connectivity index is 0.000000444. The first-order valence-corrected chi connectivity index (χ1v) is 22.3. The van der Waals surface area contributed by atoms with E-state index in [0.717, 1.165) is 44.9 Å². The van der Waals surface area contributed by atoms with Crippen LogP contribution in [0.4, 0.5) is 0 Å². The van der Waals surface area contributed by atoms with Crippen LogP contribution in [0.5, 0.6) is 0 Å². The van der Waals surface area contributed by atoms with E-state index in [9.17, 15) is 37.2 Å². The summed E-state index contributed by atoms with van der Waals surface area (Å²) in [5.74, 6) is -2.37. The van der Waals surface area contributed by atoms with E-state index < -0.39 is 45.3 Å². The van der Waals surface area contributed by atoms with Crippen molar-refractivity contribution in [2.24, 2.45) is 45.4 Å². The molecule has 14 heteroatoms. The summed E-state index contributed by atoms with van der Waals surface area (Å²) < 4.78 is 35.8. The first kappa shape index (κ1) is 47.6. The third-order valence-corrected chi connectivity index (χ3v) is 13.7. The van der Waals surface area contributed by atoms with Crippen LogP contribution in [0.3, 0.4) is 0 Å². The normalized spacial score (nSPS) is 26.8. The Kier molecular flexibility index (Phi) is 16.8. The predicted octanol–water partition coefficient (Wildman–Crippen LogP) is 5.72. The Morgan fingerprint density at radius 1 is 1.00 bits per heavy atom. The van der Waals surface area contributed by atoms with Crippen LogP contribution in [-0.2, 0) is 48.3 Å². The fourth-order valence-corrected chi connectivity index (χ4v) is 8.83. The fourth-order valence-electron chi connectivity index (χ4n) is 8.02. The number of sulfonamides is 1. The molecule has 0 N–H and O–H groups in total. The van der Waals surface area contributed by atoms with Gasteiger partial charge in [0.2, 0.25) is 27.8 Å². The Bertz CT molecular complexity index is 1570. The van der Waals surface area contributed by atoms with E-state index in [2.05, 4.69) is 18.8 Å². The number of hydrogen-bond donors (Lipinski definition) is 0. The van der Waals surface area contributed by atoms with Gasteiger partial charge in [0.15, 0.2) is 11.6 Å². The molecule has 1 amide bonds. The van der Waals surface area contributed by atoms with Crippen molar-refractivity contribution >= 4 is 45.3 Å². The van der Waals surface area contributed by atoms with Crippen molar-refractivity contribution in [3.05, 3.63) is 0 Å². The number of Topliss-reactive ketones (excluding diaryl/α,β-unsaturated/α-hetero) is 3. The topological polar surface area (TPSA) is 174 Å². The highest BCUT2D eigenvalue weighted by Gasteiger charge is 2.69. The lowest BCUT2D eigenvalue weighted by molar-refractivity contribution is -0.160. The molecule has 13 nitrogen and oxygen atoms in total. The molecule has 6 atom stereocenters. The number of piperidine rings is 1. The van der Waals surface area contributed by atoms with Crippen molar-refractivity contribution < 1.29 is 46.7 Å². The number of ether oxygens (including phenoxy) is 2. The molecule has 0 aromatic heterocycles. The largest absolute Gasteiger partial charge is 0.460 e. The minimum atomic E-state index is -3.23. The van der Waals surface area contributed by atoms with Gasteiger partial charge in [-0.2, -0.15) is 0 Å². The number of fused-ring (bicyclic) bond motifs is 3. The Morgan fingerprint density at radius 2 is 1.62 bits per heavy atom. The number of rotatable bonds is 11. The van der Waals surface area contributed by atoms with E-state index in [-0.39, 0.29) is 77.9 Å². The van der Waals surface area contributed by atoms with E-state index in [1.165, 1.54) is 17.4 Å². The molecular formula is C42H69N3O10S. The number of carbonyl (C=O) groups excluding carboxylic acids is 6. The monoisotopic (exact) mass is 807 g/mol. The maximum atomic E-state index is 14.0. The van der Waals surface area contributed by atoms with Crippen LogP contribution in [0.1, 0.15) is 133 Å². The van der Waals surface area contributed by atoms with Gasteiger partial charge in [0, 0.05) is 45.5 Å². The SMILES string of the molecule is CC(C)(C)OC(=O)C[C@H]1COCCCCCCC[C@@H](C(=O)C(=O)CC2CC2)CC(=O)[C@@H]2[C@@H]3[C@H](CN2C1=O)C3(C)C.CCS(=O)(=O)N(C)C[C@@H](N=C=O)C(C)(C)C. The summed E-state index contributed by atoms with van der Waals surface area (Å²) >= 11 is 0. The van der Waals surface area contributed by atoms with Gasteiger partial charge in [0.25, 0.3) is 0 Å². The van der Waals surface area contributed by atoms with E-state index in [0.29, 0.717) is 31.9 Å². The summed E-state index contributed by atoms with van der Waals surface area (Å²) in [5, 5.41) is 0. The summed E-state index contributed by atoms with van der Waals surface area (Å²) in [4.78, 5) is 82.3. The Hall–Kier alpha value is -2.80. The first-order valence-electron chi connectivity index (χ1n) is 20.6. The Labute approximate surface area is 335 Å². The van der Waals surface area contributed by atoms with Crippen LogP contribution in [0.2, 0.25) is 0 Å². The molecule has 0 aromatic rings. The Morgan fingerprint density at radius 3 is 2.20 bits per heavy atom. The second-order valence-corrected chi connectivity index (χ2v) is 21.5. The number of ketones is 3. The number of amides is 1. The van der Waals surface area contributed by atoms with Crippen LogP contribution >= 0.6 is 0 Å². The highest BCUT2D eigenvalue weighted by atomic mass is 32.2. The van der Waals surface area contributed by atoms with Crippen molar-refractivity contribution in [3.63, 3.8) is 0 Å². The maximum absolute atomic E-state index is 14.0. The summed E-state index contributed by atoms with van der Waals surface area (Å²) in [7, 11) is -1.73. The quantitative estimate of drug-likeness (QED) is 0.109. The van der Waals surface area contributed by atoms with Gasteiger partial charge < -0.3 is 14.4 Å². The summed E-state index contributed by atoms with van der Waals surface area (Å²) in [6, 6.07) is -1.02. The molecule has 2 aliphatic carbocycles. The molecular weight excluding hydrogens is 739 g/mol. The van der Waals surface area contributed by atoms with Gasteiger partial charge in [-0.3, -0.25) is 24.0 Å². The van der Waals surface area contributed by atoms with E-state index >= 15 is 0 Å². The number of isocyanates is 1. The van der Waals surface area contributed by atoms with Gasteiger partial charge in [-0.25, -0.2) is 22.5 Å². The van der Waals surface area contributed by atoms with Crippen molar-refractivity contribution in [3.8, 4) is 0 Å². The van der Waals surface area contributed by atoms with E-state index in [4.69, 9.17) is 9.47 Å². The van der Waals surface area contributed by atoms with E-state index in [1.807, 2.05) is 20.8 Å². The van der Waals surface area contributed by atoms with Crippen LogP contribution in [0.25, 0.3) is 0 Å². The molecule has 2 saturated carbocycles. The lowest BCUT2D eigenvalue weighted by atomic mass is 9.85. The molecule has 0 aromatic carbocycles. The molecule has 2 aliphatic heterocycles. The maximum Gasteiger partial charge on any atom is 0.307 e. The fraction of sp³-hybridized carbons (Fsp3) is 0.857. The van der Waals surface area contributed by atoms with Crippen molar-refractivity contribution in [1.82, 2.24) is 9.21 Å². The van der Waals surface area contributed by atoms with Gasteiger partial charge in [-0.05, 0) is 82.0 Å². The molecule has 4 rings (SSSR count). The lowest BCUT2D eigenvalue weighted by Gasteiger charge is -2.33. The predicted molar refractivity (Wildman–Crippen MR) is 213 cm³/mol. The van der Waals surface area contributed by atoms with Crippen molar-refractivity contribution in [2.75, 3.05) is 39.1 Å². The highest BCUT2D eigenvalue weighted by Crippen LogP contribution is 2.65. The molecule has 0 bridgehead atoms. The molecule has 2 saturated heterocycles. The average Bonchev–Trinajstić information content (AvgIpc) is 3.94. The first-order chi connectivity index (χ1) is 25.9. The van der Waals surface area contributed by atoms with Crippen LogP contribution < -0.4 is 0 Å². The molecule has 318 valence electrons.